The number of nitrogens with one attached hydrogen (secondary N) is 2. The number of esters is 1. The highest BCUT2D eigenvalue weighted by Gasteiger charge is 2.07. The van der Waals surface area contributed by atoms with E-state index in [1.807, 2.05) is 54.6 Å². The van der Waals surface area contributed by atoms with E-state index in [0.29, 0.717) is 12.0 Å². The average molecular weight is 326 g/mol. The summed E-state index contributed by atoms with van der Waals surface area (Å²) in [6.07, 6.45) is -0.501. The van der Waals surface area contributed by atoms with Crippen LogP contribution in [-0.2, 0) is 9.53 Å². The molecule has 2 aromatic rings. The lowest BCUT2D eigenvalue weighted by Gasteiger charge is -2.15. The van der Waals surface area contributed by atoms with E-state index in [0.717, 1.165) is 17.1 Å². The monoisotopic (exact) mass is 326 g/mol. The van der Waals surface area contributed by atoms with E-state index in [4.69, 9.17) is 4.74 Å². The van der Waals surface area contributed by atoms with Crippen molar-refractivity contribution in [3.63, 3.8) is 0 Å². The standard InChI is InChI=1S/C19H22N2O3/c1-14(2)19(23)24-13-12-18(22)21-17-10-8-16(9-11-17)20-15-6-4-3-5-7-15/h3-11,18,20-22H,1,12-13H2,2H3. The molecule has 0 bridgehead atoms. The Hall–Kier alpha value is -2.79. The van der Waals surface area contributed by atoms with Crippen LogP contribution in [0, 0.1) is 0 Å². The molecule has 2 aromatic carbocycles. The second-order valence-corrected chi connectivity index (χ2v) is 5.43. The first kappa shape index (κ1) is 17.6. The number of benzene rings is 2. The zero-order valence-electron chi connectivity index (χ0n) is 13.7. The number of rotatable bonds is 8. The summed E-state index contributed by atoms with van der Waals surface area (Å²) in [6.45, 7) is 5.22. The van der Waals surface area contributed by atoms with Crippen LogP contribution in [0.5, 0.6) is 0 Å². The number of carbonyl (C=O) groups excluding carboxylic acids is 1. The molecule has 5 heteroatoms. The highest BCUT2D eigenvalue weighted by molar-refractivity contribution is 5.86. The topological polar surface area (TPSA) is 70.6 Å². The van der Waals surface area contributed by atoms with Crippen molar-refractivity contribution in [3.8, 4) is 0 Å². The van der Waals surface area contributed by atoms with E-state index in [1.165, 1.54) is 0 Å². The van der Waals surface area contributed by atoms with Crippen LogP contribution in [0.3, 0.4) is 0 Å². The Labute approximate surface area is 142 Å². The Morgan fingerprint density at radius 3 is 2.29 bits per heavy atom. The molecule has 1 atom stereocenters. The quantitative estimate of drug-likeness (QED) is 0.392. The largest absolute Gasteiger partial charge is 0.462 e. The molecular formula is C19H22N2O3. The molecule has 5 nitrogen and oxygen atoms in total. The van der Waals surface area contributed by atoms with Gasteiger partial charge in [-0.3, -0.25) is 0 Å². The third-order valence-corrected chi connectivity index (χ3v) is 3.25. The smallest absolute Gasteiger partial charge is 0.333 e. The fraction of sp³-hybridized carbons (Fsp3) is 0.211. The molecular weight excluding hydrogens is 304 g/mol. The highest BCUT2D eigenvalue weighted by Crippen LogP contribution is 2.19. The fourth-order valence-electron chi connectivity index (χ4n) is 1.99. The molecule has 0 aliphatic heterocycles. The first-order valence-electron chi connectivity index (χ1n) is 7.74. The maximum Gasteiger partial charge on any atom is 0.333 e. The van der Waals surface area contributed by atoms with Crippen molar-refractivity contribution in [1.29, 1.82) is 0 Å². The summed E-state index contributed by atoms with van der Waals surface area (Å²) in [5, 5.41) is 16.2. The molecule has 126 valence electrons. The molecule has 1 unspecified atom stereocenters. The minimum absolute atomic E-state index is 0.132. The van der Waals surface area contributed by atoms with Crippen LogP contribution in [0.1, 0.15) is 13.3 Å². The third-order valence-electron chi connectivity index (χ3n) is 3.25. The highest BCUT2D eigenvalue weighted by atomic mass is 16.5. The minimum Gasteiger partial charge on any atom is -0.462 e. The number of aliphatic hydroxyl groups is 1. The van der Waals surface area contributed by atoms with E-state index < -0.39 is 12.2 Å². The summed E-state index contributed by atoms with van der Waals surface area (Å²) in [6, 6.07) is 17.5. The van der Waals surface area contributed by atoms with E-state index >= 15 is 0 Å². The molecule has 3 N–H and O–H groups in total. The van der Waals surface area contributed by atoms with Crippen molar-refractivity contribution < 1.29 is 14.6 Å². The maximum atomic E-state index is 11.2. The van der Waals surface area contributed by atoms with Gasteiger partial charge in [-0.1, -0.05) is 24.8 Å². The molecule has 0 aliphatic rings. The predicted octanol–water partition coefficient (Wildman–Crippen LogP) is 3.67. The molecule has 0 amide bonds. The number of hydrogen-bond donors (Lipinski definition) is 3. The van der Waals surface area contributed by atoms with Gasteiger partial charge < -0.3 is 20.5 Å². The number of hydrogen-bond acceptors (Lipinski definition) is 5. The molecule has 0 radical (unpaired) electrons. The van der Waals surface area contributed by atoms with Crippen LogP contribution in [0.25, 0.3) is 0 Å². The van der Waals surface area contributed by atoms with Gasteiger partial charge in [0.2, 0.25) is 0 Å². The van der Waals surface area contributed by atoms with Crippen molar-refractivity contribution in [2.45, 2.75) is 19.6 Å². The number of para-hydroxylation sites is 1. The van der Waals surface area contributed by atoms with E-state index in [2.05, 4.69) is 17.2 Å². The van der Waals surface area contributed by atoms with Crippen LogP contribution >= 0.6 is 0 Å². The van der Waals surface area contributed by atoms with Crippen LogP contribution in [0.4, 0.5) is 17.1 Å². The van der Waals surface area contributed by atoms with Crippen LogP contribution < -0.4 is 10.6 Å². The summed E-state index contributed by atoms with van der Waals surface area (Å²) >= 11 is 0. The van der Waals surface area contributed by atoms with E-state index in [-0.39, 0.29) is 6.61 Å². The molecule has 0 saturated carbocycles. The SMILES string of the molecule is C=C(C)C(=O)OCCC(O)Nc1ccc(Nc2ccccc2)cc1. The second kappa shape index (κ2) is 8.74. The summed E-state index contributed by atoms with van der Waals surface area (Å²) in [5.74, 6) is -0.446. The number of anilines is 3. The number of ether oxygens (including phenoxy) is 1. The Morgan fingerprint density at radius 1 is 1.08 bits per heavy atom. The Balaban J connectivity index is 1.78. The van der Waals surface area contributed by atoms with Gasteiger partial charge in [-0.05, 0) is 43.3 Å². The first-order chi connectivity index (χ1) is 11.5. The molecule has 24 heavy (non-hydrogen) atoms. The van der Waals surface area contributed by atoms with Gasteiger partial charge in [0, 0.05) is 29.1 Å². The van der Waals surface area contributed by atoms with Gasteiger partial charge in [0.15, 0.2) is 0 Å². The fourth-order valence-corrected chi connectivity index (χ4v) is 1.99. The molecule has 0 saturated heterocycles. The summed E-state index contributed by atoms with van der Waals surface area (Å²) in [4.78, 5) is 11.2. The van der Waals surface area contributed by atoms with Gasteiger partial charge in [0.05, 0.1) is 6.61 Å². The molecule has 0 heterocycles. The molecule has 0 spiro atoms. The van der Waals surface area contributed by atoms with E-state index in [1.54, 1.807) is 6.92 Å². The zero-order chi connectivity index (χ0) is 17.4. The van der Waals surface area contributed by atoms with Crippen molar-refractivity contribution in [3.05, 3.63) is 66.7 Å². The van der Waals surface area contributed by atoms with Crippen molar-refractivity contribution in [2.24, 2.45) is 0 Å². The van der Waals surface area contributed by atoms with Gasteiger partial charge in [-0.15, -0.1) is 0 Å². The zero-order valence-corrected chi connectivity index (χ0v) is 13.7. The van der Waals surface area contributed by atoms with Gasteiger partial charge in [-0.2, -0.15) is 0 Å². The minimum atomic E-state index is -0.796. The first-order valence-corrected chi connectivity index (χ1v) is 7.74. The third kappa shape index (κ3) is 5.78. The van der Waals surface area contributed by atoms with Gasteiger partial charge in [-0.25, -0.2) is 4.79 Å². The lowest BCUT2D eigenvalue weighted by Crippen LogP contribution is -2.21. The predicted molar refractivity (Wildman–Crippen MR) is 96.2 cm³/mol. The van der Waals surface area contributed by atoms with Crippen LogP contribution in [0.15, 0.2) is 66.7 Å². The molecule has 0 aromatic heterocycles. The maximum absolute atomic E-state index is 11.2. The van der Waals surface area contributed by atoms with E-state index in [9.17, 15) is 9.90 Å². The average Bonchev–Trinajstić information content (AvgIpc) is 2.57. The molecule has 0 fully saturated rings. The van der Waals surface area contributed by atoms with Gasteiger partial charge in [0.1, 0.15) is 6.23 Å². The normalized spacial score (nSPS) is 11.4. The van der Waals surface area contributed by atoms with Crippen molar-refractivity contribution >= 4 is 23.0 Å². The Kier molecular flexibility index (Phi) is 6.40. The summed E-state index contributed by atoms with van der Waals surface area (Å²) in [7, 11) is 0. The second-order valence-electron chi connectivity index (χ2n) is 5.43. The lowest BCUT2D eigenvalue weighted by molar-refractivity contribution is -0.139. The van der Waals surface area contributed by atoms with Crippen molar-refractivity contribution in [2.75, 3.05) is 17.2 Å². The Morgan fingerprint density at radius 2 is 1.67 bits per heavy atom. The molecule has 0 aliphatic carbocycles. The summed E-state index contributed by atoms with van der Waals surface area (Å²) < 4.78 is 4.95. The number of carbonyl (C=O) groups is 1. The Bertz CT molecular complexity index is 669. The van der Waals surface area contributed by atoms with Crippen molar-refractivity contribution in [1.82, 2.24) is 0 Å². The van der Waals surface area contributed by atoms with Gasteiger partial charge in [0.25, 0.3) is 0 Å². The summed E-state index contributed by atoms with van der Waals surface area (Å²) in [5.41, 5.74) is 3.10. The van der Waals surface area contributed by atoms with Crippen LogP contribution in [0.2, 0.25) is 0 Å². The van der Waals surface area contributed by atoms with Gasteiger partial charge >= 0.3 is 5.97 Å². The van der Waals surface area contributed by atoms with Crippen LogP contribution in [-0.4, -0.2) is 23.9 Å². The lowest BCUT2D eigenvalue weighted by atomic mass is 10.2. The molecule has 2 rings (SSSR count). The number of aliphatic hydroxyl groups excluding tert-OH is 1.